The van der Waals surface area contributed by atoms with Gasteiger partial charge in [-0.2, -0.15) is 0 Å². The van der Waals surface area contributed by atoms with E-state index in [-0.39, 0.29) is 30.2 Å². The number of nitrogens with zero attached hydrogens (tertiary/aromatic N) is 4. The smallest absolute Gasteiger partial charge is 0.260 e. The SMILES string of the molecule is CNc1nc([C@@H]2CCCN(C(=O)COc3ccc(F)cc3)C2)nc2c1CN(C(C)=O)CC2. The number of piperidine rings is 1. The molecular formula is C23H28FN5O3. The maximum atomic E-state index is 13.0. The first-order valence-corrected chi connectivity index (χ1v) is 10.9. The average molecular weight is 442 g/mol. The molecule has 0 saturated carbocycles. The molecule has 1 saturated heterocycles. The van der Waals surface area contributed by atoms with Crippen molar-refractivity contribution < 1.29 is 18.7 Å². The van der Waals surface area contributed by atoms with Gasteiger partial charge in [-0.3, -0.25) is 9.59 Å². The molecule has 32 heavy (non-hydrogen) atoms. The fourth-order valence-corrected chi connectivity index (χ4v) is 4.27. The van der Waals surface area contributed by atoms with Crippen LogP contribution in [0.1, 0.15) is 42.8 Å². The number of halogens is 1. The Morgan fingerprint density at radius 3 is 2.69 bits per heavy atom. The molecule has 2 aliphatic heterocycles. The summed E-state index contributed by atoms with van der Waals surface area (Å²) in [5.41, 5.74) is 1.94. The quantitative estimate of drug-likeness (QED) is 0.767. The number of hydrogen-bond acceptors (Lipinski definition) is 6. The van der Waals surface area contributed by atoms with Crippen molar-refractivity contribution in [3.05, 3.63) is 47.2 Å². The van der Waals surface area contributed by atoms with Gasteiger partial charge < -0.3 is 19.9 Å². The number of nitrogens with one attached hydrogen (secondary N) is 1. The van der Waals surface area contributed by atoms with E-state index < -0.39 is 0 Å². The number of hydrogen-bond donors (Lipinski definition) is 1. The van der Waals surface area contributed by atoms with Crippen LogP contribution in [0.25, 0.3) is 0 Å². The predicted molar refractivity (Wildman–Crippen MR) is 117 cm³/mol. The zero-order valence-corrected chi connectivity index (χ0v) is 18.4. The first kappa shape index (κ1) is 22.0. The lowest BCUT2D eigenvalue weighted by molar-refractivity contribution is -0.134. The van der Waals surface area contributed by atoms with E-state index in [9.17, 15) is 14.0 Å². The maximum absolute atomic E-state index is 13.0. The van der Waals surface area contributed by atoms with Crippen LogP contribution < -0.4 is 10.1 Å². The van der Waals surface area contributed by atoms with E-state index in [0.717, 1.165) is 35.7 Å². The Labute approximate surface area is 186 Å². The molecule has 2 amide bonds. The van der Waals surface area contributed by atoms with Crippen molar-refractivity contribution in [2.45, 2.75) is 38.6 Å². The van der Waals surface area contributed by atoms with Crippen molar-refractivity contribution in [3.63, 3.8) is 0 Å². The molecular weight excluding hydrogens is 413 g/mol. The molecule has 0 spiro atoms. The van der Waals surface area contributed by atoms with E-state index in [1.54, 1.807) is 16.7 Å². The van der Waals surface area contributed by atoms with Crippen molar-refractivity contribution in [2.75, 3.05) is 38.6 Å². The van der Waals surface area contributed by atoms with Crippen molar-refractivity contribution in [2.24, 2.45) is 0 Å². The van der Waals surface area contributed by atoms with Gasteiger partial charge in [-0.1, -0.05) is 0 Å². The summed E-state index contributed by atoms with van der Waals surface area (Å²) >= 11 is 0. The van der Waals surface area contributed by atoms with E-state index in [0.29, 0.717) is 38.3 Å². The molecule has 4 rings (SSSR count). The molecule has 3 heterocycles. The van der Waals surface area contributed by atoms with Crippen LogP contribution in [0, 0.1) is 5.82 Å². The van der Waals surface area contributed by atoms with Gasteiger partial charge in [0.2, 0.25) is 5.91 Å². The number of carbonyl (C=O) groups is 2. The lowest BCUT2D eigenvalue weighted by atomic mass is 9.96. The second kappa shape index (κ2) is 9.50. The molecule has 2 aromatic rings. The van der Waals surface area contributed by atoms with Crippen LogP contribution in [-0.4, -0.2) is 64.9 Å². The van der Waals surface area contributed by atoms with Crippen LogP contribution in [0.5, 0.6) is 5.75 Å². The second-order valence-electron chi connectivity index (χ2n) is 8.22. The number of rotatable bonds is 5. The normalized spacial score (nSPS) is 18.2. The van der Waals surface area contributed by atoms with Gasteiger partial charge in [-0.15, -0.1) is 0 Å². The lowest BCUT2D eigenvalue weighted by Crippen LogP contribution is -2.42. The molecule has 0 bridgehead atoms. The Hall–Kier alpha value is -3.23. The first-order chi connectivity index (χ1) is 15.4. The monoisotopic (exact) mass is 441 g/mol. The average Bonchev–Trinajstić information content (AvgIpc) is 2.82. The van der Waals surface area contributed by atoms with Crippen LogP contribution in [-0.2, 0) is 22.6 Å². The largest absolute Gasteiger partial charge is 0.484 e. The number of carbonyl (C=O) groups excluding carboxylic acids is 2. The second-order valence-corrected chi connectivity index (χ2v) is 8.22. The van der Waals surface area contributed by atoms with E-state index in [2.05, 4.69) is 5.32 Å². The Kier molecular flexibility index (Phi) is 6.53. The van der Waals surface area contributed by atoms with Gasteiger partial charge in [0.25, 0.3) is 5.91 Å². The maximum Gasteiger partial charge on any atom is 0.260 e. The summed E-state index contributed by atoms with van der Waals surface area (Å²) in [4.78, 5) is 37.7. The summed E-state index contributed by atoms with van der Waals surface area (Å²) in [6.45, 7) is 3.85. The van der Waals surface area contributed by atoms with Crippen molar-refractivity contribution in [3.8, 4) is 5.75 Å². The highest BCUT2D eigenvalue weighted by Crippen LogP contribution is 2.30. The highest BCUT2D eigenvalue weighted by atomic mass is 19.1. The lowest BCUT2D eigenvalue weighted by Gasteiger charge is -2.33. The first-order valence-electron chi connectivity index (χ1n) is 10.9. The van der Waals surface area contributed by atoms with Crippen molar-refractivity contribution in [1.29, 1.82) is 0 Å². The predicted octanol–water partition coefficient (Wildman–Crippen LogP) is 2.35. The molecule has 0 aliphatic carbocycles. The van der Waals surface area contributed by atoms with Crippen LogP contribution >= 0.6 is 0 Å². The molecule has 0 unspecified atom stereocenters. The number of fused-ring (bicyclic) bond motifs is 1. The highest BCUT2D eigenvalue weighted by Gasteiger charge is 2.30. The molecule has 1 N–H and O–H groups in total. The zero-order chi connectivity index (χ0) is 22.7. The van der Waals surface area contributed by atoms with Gasteiger partial charge in [-0.25, -0.2) is 14.4 Å². The Morgan fingerprint density at radius 2 is 1.97 bits per heavy atom. The summed E-state index contributed by atoms with van der Waals surface area (Å²) in [6, 6.07) is 5.63. The van der Waals surface area contributed by atoms with Crippen LogP contribution in [0.3, 0.4) is 0 Å². The van der Waals surface area contributed by atoms with Gasteiger partial charge in [-0.05, 0) is 37.1 Å². The van der Waals surface area contributed by atoms with Gasteiger partial charge in [0.15, 0.2) is 6.61 Å². The Bertz CT molecular complexity index is 981. The number of likely N-dealkylation sites (tertiary alicyclic amines) is 1. The van der Waals surface area contributed by atoms with Crippen LogP contribution in [0.2, 0.25) is 0 Å². The molecule has 170 valence electrons. The summed E-state index contributed by atoms with van der Waals surface area (Å²) in [6.07, 6.45) is 2.46. The summed E-state index contributed by atoms with van der Waals surface area (Å²) in [5, 5.41) is 3.15. The third kappa shape index (κ3) is 4.81. The molecule has 1 aromatic carbocycles. The molecule has 1 fully saturated rings. The molecule has 1 atom stereocenters. The van der Waals surface area contributed by atoms with Crippen LogP contribution in [0.15, 0.2) is 24.3 Å². The Balaban J connectivity index is 1.44. The molecule has 1 aromatic heterocycles. The fraction of sp³-hybridized carbons (Fsp3) is 0.478. The number of benzene rings is 1. The molecule has 2 aliphatic rings. The van der Waals surface area contributed by atoms with Gasteiger partial charge in [0.05, 0.1) is 12.2 Å². The summed E-state index contributed by atoms with van der Waals surface area (Å²) in [5.74, 6) is 1.59. The van der Waals surface area contributed by atoms with E-state index in [4.69, 9.17) is 14.7 Å². The van der Waals surface area contributed by atoms with Gasteiger partial charge >= 0.3 is 0 Å². The number of amides is 2. The molecule has 9 heteroatoms. The van der Waals surface area contributed by atoms with Crippen molar-refractivity contribution >= 4 is 17.6 Å². The highest BCUT2D eigenvalue weighted by molar-refractivity contribution is 5.78. The van der Waals surface area contributed by atoms with E-state index >= 15 is 0 Å². The third-order valence-corrected chi connectivity index (χ3v) is 6.07. The van der Waals surface area contributed by atoms with Crippen LogP contribution in [0.4, 0.5) is 10.2 Å². The van der Waals surface area contributed by atoms with Gasteiger partial charge in [0.1, 0.15) is 23.2 Å². The number of anilines is 1. The van der Waals surface area contributed by atoms with E-state index in [1.165, 1.54) is 24.3 Å². The molecule has 0 radical (unpaired) electrons. The van der Waals surface area contributed by atoms with Crippen molar-refractivity contribution in [1.82, 2.24) is 19.8 Å². The van der Waals surface area contributed by atoms with Gasteiger partial charge in [0, 0.05) is 51.5 Å². The number of ether oxygens (including phenoxy) is 1. The fourth-order valence-electron chi connectivity index (χ4n) is 4.27. The van der Waals surface area contributed by atoms with E-state index in [1.807, 2.05) is 7.05 Å². The minimum absolute atomic E-state index is 0.0433. The Morgan fingerprint density at radius 1 is 1.19 bits per heavy atom. The molecule has 8 nitrogen and oxygen atoms in total. The minimum Gasteiger partial charge on any atom is -0.484 e. The summed E-state index contributed by atoms with van der Waals surface area (Å²) < 4.78 is 18.6. The topological polar surface area (TPSA) is 87.7 Å². The standard InChI is InChI=1S/C23H28FN5O3/c1-15(30)28-11-9-20-19(13-28)23(25-2)27-22(26-20)16-4-3-10-29(12-16)21(31)14-32-18-7-5-17(24)6-8-18/h5-8,16H,3-4,9-14H2,1-2H3,(H,25,26,27)/t16-/m1/s1. The number of aromatic nitrogens is 2. The third-order valence-electron chi connectivity index (χ3n) is 6.07. The zero-order valence-electron chi connectivity index (χ0n) is 18.4. The minimum atomic E-state index is -0.345. The summed E-state index contributed by atoms with van der Waals surface area (Å²) in [7, 11) is 1.82.